The zero-order valence-corrected chi connectivity index (χ0v) is 13.5. The second-order valence-electron chi connectivity index (χ2n) is 5.60. The molecule has 0 aliphatic carbocycles. The molecule has 2 aromatic rings. The maximum Gasteiger partial charge on any atom is 0.257 e. The highest BCUT2D eigenvalue weighted by Crippen LogP contribution is 2.18. The zero-order valence-electron chi connectivity index (χ0n) is 12.7. The summed E-state index contributed by atoms with van der Waals surface area (Å²) >= 11 is 5.98. The highest BCUT2D eigenvalue weighted by Gasteiger charge is 2.30. The molecule has 1 N–H and O–H groups in total. The van der Waals surface area contributed by atoms with Gasteiger partial charge in [-0.3, -0.25) is 4.79 Å². The lowest BCUT2D eigenvalue weighted by Crippen LogP contribution is -2.51. The first-order chi connectivity index (χ1) is 11.1. The molecule has 1 amide bonds. The highest BCUT2D eigenvalue weighted by molar-refractivity contribution is 6.30. The number of morpholine rings is 1. The van der Waals surface area contributed by atoms with Crippen molar-refractivity contribution < 1.29 is 14.6 Å². The van der Waals surface area contributed by atoms with Crippen LogP contribution in [0.2, 0.25) is 5.02 Å². The number of aliphatic hydroxyl groups is 1. The van der Waals surface area contributed by atoms with Crippen LogP contribution in [0.5, 0.6) is 0 Å². The second-order valence-corrected chi connectivity index (χ2v) is 6.03. The van der Waals surface area contributed by atoms with Crippen LogP contribution in [0.3, 0.4) is 0 Å². The van der Waals surface area contributed by atoms with E-state index in [1.165, 1.54) is 0 Å². The van der Waals surface area contributed by atoms with Gasteiger partial charge < -0.3 is 14.7 Å². The topological polar surface area (TPSA) is 67.6 Å². The normalized spacial score (nSPS) is 21.4. The lowest BCUT2D eigenvalue weighted by Gasteiger charge is -2.37. The van der Waals surface area contributed by atoms with Gasteiger partial charge in [0.25, 0.3) is 5.91 Å². The molecule has 1 saturated heterocycles. The Morgan fingerprint density at radius 3 is 3.09 bits per heavy atom. The van der Waals surface area contributed by atoms with Crippen LogP contribution in [-0.4, -0.2) is 57.6 Å². The Labute approximate surface area is 139 Å². The van der Waals surface area contributed by atoms with E-state index < -0.39 is 0 Å². The third kappa shape index (κ3) is 3.39. The maximum atomic E-state index is 12.7. The monoisotopic (exact) mass is 335 g/mol. The van der Waals surface area contributed by atoms with Gasteiger partial charge in [0, 0.05) is 17.8 Å². The molecule has 1 fully saturated rings. The quantitative estimate of drug-likeness (QED) is 0.928. The van der Waals surface area contributed by atoms with Crippen LogP contribution in [0.1, 0.15) is 17.3 Å². The van der Waals surface area contributed by atoms with E-state index in [4.69, 9.17) is 16.3 Å². The number of amides is 1. The van der Waals surface area contributed by atoms with Crippen LogP contribution in [0, 0.1) is 0 Å². The van der Waals surface area contributed by atoms with E-state index in [2.05, 4.69) is 5.10 Å². The molecule has 0 radical (unpaired) electrons. The minimum atomic E-state index is -0.335. The van der Waals surface area contributed by atoms with Crippen LogP contribution >= 0.6 is 11.6 Å². The van der Waals surface area contributed by atoms with Crippen molar-refractivity contribution in [2.75, 3.05) is 19.8 Å². The molecule has 1 aromatic carbocycles. The summed E-state index contributed by atoms with van der Waals surface area (Å²) in [5.41, 5.74) is 1.29. The molecule has 1 aliphatic heterocycles. The Balaban J connectivity index is 1.80. The number of carbonyl (C=O) groups is 1. The largest absolute Gasteiger partial charge is 0.394 e. The number of hydrogen-bond donors (Lipinski definition) is 1. The molecule has 122 valence electrons. The molecule has 3 rings (SSSR count). The molecule has 0 saturated carbocycles. The number of carbonyl (C=O) groups excluding carboxylic acids is 1. The van der Waals surface area contributed by atoms with Crippen molar-refractivity contribution in [1.29, 1.82) is 0 Å². The summed E-state index contributed by atoms with van der Waals surface area (Å²) in [6.45, 7) is 2.61. The Hall–Kier alpha value is -1.89. The summed E-state index contributed by atoms with van der Waals surface area (Å²) in [6, 6.07) is 7.22. The number of hydrogen-bond acceptors (Lipinski definition) is 4. The second kappa shape index (κ2) is 6.70. The summed E-state index contributed by atoms with van der Waals surface area (Å²) in [6.07, 6.45) is 2.89. The average Bonchev–Trinajstić information content (AvgIpc) is 3.05. The van der Waals surface area contributed by atoms with Gasteiger partial charge in [0.05, 0.1) is 42.8 Å². The summed E-state index contributed by atoms with van der Waals surface area (Å²) in [5.74, 6) is -0.118. The zero-order chi connectivity index (χ0) is 16.4. The Morgan fingerprint density at radius 1 is 1.52 bits per heavy atom. The highest BCUT2D eigenvalue weighted by atomic mass is 35.5. The van der Waals surface area contributed by atoms with Crippen LogP contribution < -0.4 is 0 Å². The van der Waals surface area contributed by atoms with Gasteiger partial charge in [0.1, 0.15) is 0 Å². The SMILES string of the molecule is CC1COC(CO)CN1C(=O)c1cnn(-c2cccc(Cl)c2)c1. The van der Waals surface area contributed by atoms with Gasteiger partial charge in [0.2, 0.25) is 0 Å². The van der Waals surface area contributed by atoms with Gasteiger partial charge in [-0.25, -0.2) is 4.68 Å². The van der Waals surface area contributed by atoms with Crippen LogP contribution in [0.15, 0.2) is 36.7 Å². The van der Waals surface area contributed by atoms with Crippen molar-refractivity contribution in [3.63, 3.8) is 0 Å². The number of aliphatic hydroxyl groups excluding tert-OH is 1. The van der Waals surface area contributed by atoms with Crippen molar-refractivity contribution >= 4 is 17.5 Å². The molecule has 2 heterocycles. The number of halogens is 1. The molecule has 23 heavy (non-hydrogen) atoms. The minimum Gasteiger partial charge on any atom is -0.394 e. The fourth-order valence-electron chi connectivity index (χ4n) is 2.57. The summed E-state index contributed by atoms with van der Waals surface area (Å²) in [4.78, 5) is 14.4. The van der Waals surface area contributed by atoms with Crippen molar-refractivity contribution in [2.45, 2.75) is 19.1 Å². The van der Waals surface area contributed by atoms with E-state index in [1.54, 1.807) is 34.1 Å². The third-order valence-electron chi connectivity index (χ3n) is 3.87. The van der Waals surface area contributed by atoms with Gasteiger partial charge >= 0.3 is 0 Å². The molecule has 2 atom stereocenters. The number of rotatable bonds is 3. The summed E-state index contributed by atoms with van der Waals surface area (Å²) in [7, 11) is 0. The van der Waals surface area contributed by atoms with Crippen LogP contribution in [0.4, 0.5) is 0 Å². The van der Waals surface area contributed by atoms with Crippen molar-refractivity contribution in [3.05, 3.63) is 47.2 Å². The molecular weight excluding hydrogens is 318 g/mol. The average molecular weight is 336 g/mol. The van der Waals surface area contributed by atoms with Gasteiger partial charge in [0.15, 0.2) is 0 Å². The molecule has 7 heteroatoms. The molecule has 0 bridgehead atoms. The first kappa shape index (κ1) is 16.0. The fourth-order valence-corrected chi connectivity index (χ4v) is 2.75. The first-order valence-electron chi connectivity index (χ1n) is 7.42. The van der Waals surface area contributed by atoms with E-state index in [0.717, 1.165) is 5.69 Å². The van der Waals surface area contributed by atoms with Gasteiger partial charge in [-0.1, -0.05) is 17.7 Å². The Kier molecular flexibility index (Phi) is 4.66. The van der Waals surface area contributed by atoms with Crippen molar-refractivity contribution in [1.82, 2.24) is 14.7 Å². The van der Waals surface area contributed by atoms with Gasteiger partial charge in [-0.05, 0) is 25.1 Å². The molecule has 1 aromatic heterocycles. The first-order valence-corrected chi connectivity index (χ1v) is 7.80. The predicted octanol–water partition coefficient (Wildman–Crippen LogP) is 1.75. The Bertz CT molecular complexity index is 703. The number of nitrogens with zero attached hydrogens (tertiary/aromatic N) is 3. The lowest BCUT2D eigenvalue weighted by molar-refractivity contribution is -0.0667. The smallest absolute Gasteiger partial charge is 0.257 e. The van der Waals surface area contributed by atoms with Crippen LogP contribution in [0.25, 0.3) is 5.69 Å². The van der Waals surface area contributed by atoms with Crippen molar-refractivity contribution in [2.24, 2.45) is 0 Å². The van der Waals surface area contributed by atoms with E-state index in [-0.39, 0.29) is 24.7 Å². The molecule has 0 spiro atoms. The number of aromatic nitrogens is 2. The van der Waals surface area contributed by atoms with Gasteiger partial charge in [-0.15, -0.1) is 0 Å². The third-order valence-corrected chi connectivity index (χ3v) is 4.11. The standard InChI is InChI=1S/C16H18ClN3O3/c1-11-10-23-15(9-21)8-19(11)16(22)12-6-18-20(7-12)14-4-2-3-13(17)5-14/h2-7,11,15,21H,8-10H2,1H3. The predicted molar refractivity (Wildman–Crippen MR) is 85.9 cm³/mol. The minimum absolute atomic E-state index is 0.0418. The van der Waals surface area contributed by atoms with Crippen molar-refractivity contribution in [3.8, 4) is 5.69 Å². The summed E-state index contributed by atoms with van der Waals surface area (Å²) in [5, 5.41) is 14.1. The Morgan fingerprint density at radius 2 is 2.35 bits per heavy atom. The molecule has 2 unspecified atom stereocenters. The van der Waals surface area contributed by atoms with Gasteiger partial charge in [-0.2, -0.15) is 5.10 Å². The van der Waals surface area contributed by atoms with E-state index in [1.807, 2.05) is 19.1 Å². The van der Waals surface area contributed by atoms with E-state index >= 15 is 0 Å². The molecule has 1 aliphatic rings. The van der Waals surface area contributed by atoms with Crippen LogP contribution in [-0.2, 0) is 4.74 Å². The number of ether oxygens (including phenoxy) is 1. The lowest BCUT2D eigenvalue weighted by atomic mass is 10.1. The van der Waals surface area contributed by atoms with E-state index in [0.29, 0.717) is 23.7 Å². The maximum absolute atomic E-state index is 12.7. The fraction of sp³-hybridized carbons (Fsp3) is 0.375. The van der Waals surface area contributed by atoms with E-state index in [9.17, 15) is 9.90 Å². The summed E-state index contributed by atoms with van der Waals surface area (Å²) < 4.78 is 7.08. The molecule has 6 nitrogen and oxygen atoms in total. The number of benzene rings is 1. The molecular formula is C16H18ClN3O3.